The van der Waals surface area contributed by atoms with Gasteiger partial charge in [0.1, 0.15) is 6.54 Å². The van der Waals surface area contributed by atoms with Crippen LogP contribution in [0.4, 0.5) is 13.2 Å². The Labute approximate surface area is 193 Å². The summed E-state index contributed by atoms with van der Waals surface area (Å²) in [7, 11) is 3.01. The third-order valence-electron chi connectivity index (χ3n) is 5.43. The Bertz CT molecular complexity index is 1360. The second-order valence-electron chi connectivity index (χ2n) is 8.19. The van der Waals surface area contributed by atoms with Crippen LogP contribution in [0.25, 0.3) is 27.8 Å². The van der Waals surface area contributed by atoms with Gasteiger partial charge in [0.2, 0.25) is 5.88 Å². The van der Waals surface area contributed by atoms with E-state index in [0.717, 1.165) is 10.2 Å². The number of hydrogen-bond donors (Lipinski definition) is 1. The highest BCUT2D eigenvalue weighted by molar-refractivity contribution is 5.93. The van der Waals surface area contributed by atoms with E-state index in [-0.39, 0.29) is 11.8 Å². The van der Waals surface area contributed by atoms with Crippen LogP contribution in [0.1, 0.15) is 31.0 Å². The highest BCUT2D eigenvalue weighted by atomic mass is 19.4. The molecule has 0 unspecified atom stereocenters. The summed E-state index contributed by atoms with van der Waals surface area (Å²) in [6.07, 6.45) is -0.243. The number of methoxy groups -OCH3 is 2. The van der Waals surface area contributed by atoms with E-state index in [1.54, 1.807) is 12.3 Å². The van der Waals surface area contributed by atoms with Crippen LogP contribution in [-0.2, 0) is 6.54 Å². The fourth-order valence-corrected chi connectivity index (χ4v) is 4.02. The van der Waals surface area contributed by atoms with Crippen molar-refractivity contribution in [1.29, 1.82) is 0 Å². The number of nitrogens with zero attached hydrogens (tertiary/aromatic N) is 5. The predicted octanol–water partition coefficient (Wildman–Crippen LogP) is 5.00. The fraction of sp³-hybridized carbons (Fsp3) is 0.348. The Hall–Kier alpha value is -3.76. The molecule has 0 aliphatic carbocycles. The van der Waals surface area contributed by atoms with E-state index in [1.807, 2.05) is 26.8 Å². The summed E-state index contributed by atoms with van der Waals surface area (Å²) < 4.78 is 51.3. The van der Waals surface area contributed by atoms with E-state index in [0.29, 0.717) is 45.2 Å². The minimum absolute atomic E-state index is 0.104. The molecule has 0 saturated carbocycles. The number of aromatic nitrogens is 5. The molecule has 4 aromatic rings. The van der Waals surface area contributed by atoms with E-state index in [9.17, 15) is 18.3 Å². The molecule has 1 N–H and O–H groups in total. The van der Waals surface area contributed by atoms with Crippen molar-refractivity contribution in [1.82, 2.24) is 24.3 Å². The van der Waals surface area contributed by atoms with Gasteiger partial charge in [0, 0.05) is 18.0 Å². The summed E-state index contributed by atoms with van der Waals surface area (Å²) in [5.41, 5.74) is 3.54. The molecule has 0 radical (unpaired) electrons. The van der Waals surface area contributed by atoms with Gasteiger partial charge >= 0.3 is 6.18 Å². The van der Waals surface area contributed by atoms with Crippen molar-refractivity contribution >= 4 is 10.9 Å². The quantitative estimate of drug-likeness (QED) is 0.422. The molecule has 0 fully saturated rings. The number of hydrogen-bond acceptors (Lipinski definition) is 6. The molecule has 4 rings (SSSR count). The summed E-state index contributed by atoms with van der Waals surface area (Å²) in [4.78, 5) is 9.08. The molecular weight excluding hydrogens is 451 g/mol. The first kappa shape index (κ1) is 23.4. The zero-order valence-electron chi connectivity index (χ0n) is 19.3. The molecule has 0 aromatic carbocycles. The van der Waals surface area contributed by atoms with Crippen molar-refractivity contribution in [2.75, 3.05) is 14.2 Å². The van der Waals surface area contributed by atoms with Crippen LogP contribution in [0.15, 0.2) is 30.7 Å². The van der Waals surface area contributed by atoms with Gasteiger partial charge in [-0.1, -0.05) is 13.8 Å². The Morgan fingerprint density at radius 2 is 1.85 bits per heavy atom. The van der Waals surface area contributed by atoms with Gasteiger partial charge in [-0.2, -0.15) is 18.3 Å². The average molecular weight is 475 g/mol. The Balaban J connectivity index is 1.91. The highest BCUT2D eigenvalue weighted by Gasteiger charge is 2.29. The van der Waals surface area contributed by atoms with Crippen molar-refractivity contribution < 1.29 is 27.8 Å². The second kappa shape index (κ2) is 8.54. The largest absolute Gasteiger partial charge is 0.494 e. The summed E-state index contributed by atoms with van der Waals surface area (Å²) in [5.74, 6) is 0.569. The van der Waals surface area contributed by atoms with Crippen molar-refractivity contribution in [2.45, 2.75) is 39.4 Å². The van der Waals surface area contributed by atoms with Crippen LogP contribution in [0, 0.1) is 6.92 Å². The molecule has 34 heavy (non-hydrogen) atoms. The van der Waals surface area contributed by atoms with Crippen molar-refractivity contribution in [2.24, 2.45) is 0 Å². The van der Waals surface area contributed by atoms with Crippen LogP contribution in [0.5, 0.6) is 17.5 Å². The molecular formula is C23H24F3N5O3. The Morgan fingerprint density at radius 1 is 1.12 bits per heavy atom. The third kappa shape index (κ3) is 4.13. The zero-order chi connectivity index (χ0) is 24.8. The average Bonchev–Trinajstić information content (AvgIpc) is 3.33. The minimum Gasteiger partial charge on any atom is -0.494 e. The van der Waals surface area contributed by atoms with Gasteiger partial charge in [-0.25, -0.2) is 9.97 Å². The van der Waals surface area contributed by atoms with E-state index < -0.39 is 12.7 Å². The predicted molar refractivity (Wildman–Crippen MR) is 120 cm³/mol. The molecule has 0 atom stereocenters. The maximum Gasteiger partial charge on any atom is 0.408 e. The zero-order valence-corrected chi connectivity index (χ0v) is 19.3. The van der Waals surface area contributed by atoms with E-state index in [2.05, 4.69) is 10.1 Å². The summed E-state index contributed by atoms with van der Waals surface area (Å²) in [5, 5.41) is 15.5. The highest BCUT2D eigenvalue weighted by Crippen LogP contribution is 2.41. The number of pyridine rings is 2. The van der Waals surface area contributed by atoms with E-state index in [1.165, 1.54) is 31.2 Å². The normalized spacial score (nSPS) is 12.0. The lowest BCUT2D eigenvalue weighted by atomic mass is 10.0. The molecule has 0 aliphatic rings. The van der Waals surface area contributed by atoms with Gasteiger partial charge in [-0.15, -0.1) is 0 Å². The smallest absolute Gasteiger partial charge is 0.408 e. The molecule has 0 spiro atoms. The monoisotopic (exact) mass is 475 g/mol. The molecule has 0 bridgehead atoms. The third-order valence-corrected chi connectivity index (χ3v) is 5.43. The number of fused-ring (bicyclic) bond motifs is 1. The lowest BCUT2D eigenvalue weighted by molar-refractivity contribution is -0.142. The van der Waals surface area contributed by atoms with Crippen molar-refractivity contribution in [3.05, 3.63) is 42.0 Å². The molecule has 0 saturated heterocycles. The number of ether oxygens (including phenoxy) is 2. The Kier molecular flexibility index (Phi) is 5.88. The van der Waals surface area contributed by atoms with Crippen LogP contribution >= 0.6 is 0 Å². The molecule has 4 heterocycles. The molecule has 180 valence electrons. The molecule has 0 amide bonds. The van der Waals surface area contributed by atoms with Gasteiger partial charge in [-0.05, 0) is 30.5 Å². The standard InChI is InChI=1S/C23H24F3N5O3/c1-12(2)20-19-18(22(32)31(20)15-9-28-30(10-15)11-23(24,25)26)13(3)6-16(29-19)14-7-17(33-4)21(34-5)27-8-14/h6-10,12,32H,11H2,1-5H3. The lowest BCUT2D eigenvalue weighted by Gasteiger charge is -2.12. The maximum absolute atomic E-state index is 12.8. The van der Waals surface area contributed by atoms with Crippen LogP contribution in [0.2, 0.25) is 0 Å². The van der Waals surface area contributed by atoms with Gasteiger partial charge < -0.3 is 14.6 Å². The van der Waals surface area contributed by atoms with Crippen LogP contribution < -0.4 is 9.47 Å². The van der Waals surface area contributed by atoms with Gasteiger partial charge in [0.25, 0.3) is 5.88 Å². The number of rotatable bonds is 6. The number of halogens is 3. The molecule has 0 aliphatic heterocycles. The van der Waals surface area contributed by atoms with Gasteiger partial charge in [0.15, 0.2) is 5.75 Å². The number of aryl methyl sites for hydroxylation is 1. The SMILES string of the molecule is COc1cc(-c2cc(C)c3c(O)n(-c4cnn(CC(F)(F)F)c4)c(C(C)C)c3n2)cnc1OC. The molecule has 8 nitrogen and oxygen atoms in total. The van der Waals surface area contributed by atoms with Crippen molar-refractivity contribution in [3.63, 3.8) is 0 Å². The first-order valence-electron chi connectivity index (χ1n) is 10.5. The summed E-state index contributed by atoms with van der Waals surface area (Å²) in [6.45, 7) is 4.46. The maximum atomic E-state index is 12.8. The summed E-state index contributed by atoms with van der Waals surface area (Å²) in [6, 6.07) is 3.57. The number of alkyl halides is 3. The van der Waals surface area contributed by atoms with Crippen molar-refractivity contribution in [3.8, 4) is 34.5 Å². The second-order valence-corrected chi connectivity index (χ2v) is 8.19. The molecule has 11 heteroatoms. The van der Waals surface area contributed by atoms with Gasteiger partial charge in [0.05, 0.1) is 48.4 Å². The first-order valence-corrected chi connectivity index (χ1v) is 10.5. The Morgan fingerprint density at radius 3 is 2.47 bits per heavy atom. The summed E-state index contributed by atoms with van der Waals surface area (Å²) >= 11 is 0. The van der Waals surface area contributed by atoms with Crippen LogP contribution in [-0.4, -0.2) is 49.8 Å². The van der Waals surface area contributed by atoms with E-state index in [4.69, 9.17) is 14.5 Å². The topological polar surface area (TPSA) is 87.2 Å². The fourth-order valence-electron chi connectivity index (χ4n) is 4.02. The van der Waals surface area contributed by atoms with E-state index >= 15 is 0 Å². The minimum atomic E-state index is -4.41. The first-order chi connectivity index (χ1) is 16.0. The molecule has 4 aromatic heterocycles. The van der Waals surface area contributed by atoms with Crippen LogP contribution in [0.3, 0.4) is 0 Å². The van der Waals surface area contributed by atoms with Gasteiger partial charge in [-0.3, -0.25) is 9.25 Å². The number of aromatic hydroxyl groups is 1. The lowest BCUT2D eigenvalue weighted by Crippen LogP contribution is -2.17.